The maximum Gasteiger partial charge on any atom is 0.131 e. The molecule has 17 heavy (non-hydrogen) atoms. The van der Waals surface area contributed by atoms with Gasteiger partial charge in [0.15, 0.2) is 0 Å². The fourth-order valence-electron chi connectivity index (χ4n) is 2.14. The van der Waals surface area contributed by atoms with Crippen molar-refractivity contribution < 1.29 is 4.39 Å². The molecule has 0 bridgehead atoms. The van der Waals surface area contributed by atoms with Crippen LogP contribution in [0, 0.1) is 5.82 Å². The first kappa shape index (κ1) is 10.0. The Morgan fingerprint density at radius 3 is 2.12 bits per heavy atom. The predicted octanol–water partition coefficient (Wildman–Crippen LogP) is 4.65. The summed E-state index contributed by atoms with van der Waals surface area (Å²) in [6.45, 7) is 0. The van der Waals surface area contributed by atoms with Crippen molar-refractivity contribution in [3.8, 4) is 11.1 Å². The Morgan fingerprint density at radius 1 is 0.588 bits per heavy atom. The molecule has 3 aromatic carbocycles. The molecule has 82 valence electrons. The van der Waals surface area contributed by atoms with Gasteiger partial charge in [0.1, 0.15) is 5.82 Å². The highest BCUT2D eigenvalue weighted by molar-refractivity contribution is 5.96. The van der Waals surface area contributed by atoms with Crippen molar-refractivity contribution in [3.63, 3.8) is 0 Å². The Hall–Kier alpha value is -2.15. The molecule has 0 aliphatic carbocycles. The van der Waals surface area contributed by atoms with Gasteiger partial charge in [0.2, 0.25) is 0 Å². The molecule has 0 amide bonds. The molecule has 0 radical (unpaired) electrons. The minimum atomic E-state index is -0.177. The van der Waals surface area contributed by atoms with E-state index in [0.29, 0.717) is 5.56 Å². The summed E-state index contributed by atoms with van der Waals surface area (Å²) in [5.41, 5.74) is 1.60. The van der Waals surface area contributed by atoms with Crippen LogP contribution in [0.1, 0.15) is 0 Å². The van der Waals surface area contributed by atoms with E-state index < -0.39 is 0 Å². The van der Waals surface area contributed by atoms with Crippen LogP contribution in [0.2, 0.25) is 0 Å². The van der Waals surface area contributed by atoms with Crippen LogP contribution in [-0.2, 0) is 0 Å². The van der Waals surface area contributed by atoms with Crippen LogP contribution in [0.3, 0.4) is 0 Å². The quantitative estimate of drug-likeness (QED) is 0.562. The largest absolute Gasteiger partial charge is 0.206 e. The highest BCUT2D eigenvalue weighted by Gasteiger charge is 2.06. The monoisotopic (exact) mass is 222 g/mol. The second-order valence-electron chi connectivity index (χ2n) is 4.01. The van der Waals surface area contributed by atoms with Gasteiger partial charge in [-0.2, -0.15) is 0 Å². The number of fused-ring (bicyclic) bond motifs is 1. The van der Waals surface area contributed by atoms with Gasteiger partial charge >= 0.3 is 0 Å². The summed E-state index contributed by atoms with van der Waals surface area (Å²) in [5.74, 6) is -0.177. The summed E-state index contributed by atoms with van der Waals surface area (Å²) in [6, 6.07) is 20.9. The van der Waals surface area contributed by atoms with E-state index in [1.807, 2.05) is 54.6 Å². The average molecular weight is 222 g/mol. The van der Waals surface area contributed by atoms with Gasteiger partial charge in [-0.1, -0.05) is 60.7 Å². The van der Waals surface area contributed by atoms with Crippen molar-refractivity contribution in [2.75, 3.05) is 0 Å². The molecule has 0 atom stereocenters. The standard InChI is InChI=1S/C16H11F/c17-16-11-4-3-9-15(16)14-10-5-7-12-6-1-2-8-13(12)14/h1-11H. The van der Waals surface area contributed by atoms with Crippen LogP contribution in [-0.4, -0.2) is 0 Å². The Bertz CT molecular complexity index is 666. The summed E-state index contributed by atoms with van der Waals surface area (Å²) in [7, 11) is 0. The molecule has 3 rings (SSSR count). The first-order valence-corrected chi connectivity index (χ1v) is 5.59. The molecule has 0 nitrogen and oxygen atoms in total. The normalized spacial score (nSPS) is 10.6. The molecule has 0 unspecified atom stereocenters. The second-order valence-corrected chi connectivity index (χ2v) is 4.01. The van der Waals surface area contributed by atoms with Gasteiger partial charge in [-0.25, -0.2) is 4.39 Å². The van der Waals surface area contributed by atoms with E-state index in [4.69, 9.17) is 0 Å². The van der Waals surface area contributed by atoms with Crippen molar-refractivity contribution in [1.82, 2.24) is 0 Å². The van der Waals surface area contributed by atoms with Crippen molar-refractivity contribution in [3.05, 3.63) is 72.5 Å². The van der Waals surface area contributed by atoms with Gasteiger partial charge < -0.3 is 0 Å². The third-order valence-electron chi connectivity index (χ3n) is 2.95. The number of hydrogen-bond acceptors (Lipinski definition) is 0. The Morgan fingerprint density at radius 2 is 1.24 bits per heavy atom. The molecule has 3 aromatic rings. The minimum absolute atomic E-state index is 0.177. The van der Waals surface area contributed by atoms with Gasteiger partial charge in [0.25, 0.3) is 0 Å². The lowest BCUT2D eigenvalue weighted by molar-refractivity contribution is 0.631. The first-order valence-electron chi connectivity index (χ1n) is 5.59. The zero-order chi connectivity index (χ0) is 11.7. The van der Waals surface area contributed by atoms with E-state index in [1.165, 1.54) is 6.07 Å². The van der Waals surface area contributed by atoms with Crippen LogP contribution in [0.25, 0.3) is 21.9 Å². The minimum Gasteiger partial charge on any atom is -0.206 e. The summed E-state index contributed by atoms with van der Waals surface area (Å²) in [4.78, 5) is 0. The van der Waals surface area contributed by atoms with E-state index in [2.05, 4.69) is 0 Å². The van der Waals surface area contributed by atoms with Crippen LogP contribution < -0.4 is 0 Å². The summed E-state index contributed by atoms with van der Waals surface area (Å²) in [5, 5.41) is 2.22. The Kier molecular flexibility index (Phi) is 2.37. The maximum atomic E-state index is 13.8. The van der Waals surface area contributed by atoms with Gasteiger partial charge in [-0.05, 0) is 22.4 Å². The van der Waals surface area contributed by atoms with E-state index in [-0.39, 0.29) is 5.82 Å². The summed E-state index contributed by atoms with van der Waals surface area (Å²) < 4.78 is 13.8. The molecule has 0 aliphatic rings. The Labute approximate surface area is 99.3 Å². The van der Waals surface area contributed by atoms with Crippen molar-refractivity contribution >= 4 is 10.8 Å². The molecule has 0 N–H and O–H groups in total. The number of hydrogen-bond donors (Lipinski definition) is 0. The van der Waals surface area contributed by atoms with Crippen LogP contribution in [0.5, 0.6) is 0 Å². The number of halogens is 1. The lowest BCUT2D eigenvalue weighted by atomic mass is 9.98. The van der Waals surface area contributed by atoms with Gasteiger partial charge in [-0.3, -0.25) is 0 Å². The fraction of sp³-hybridized carbons (Fsp3) is 0. The molecule has 0 saturated carbocycles. The third kappa shape index (κ3) is 1.70. The lowest BCUT2D eigenvalue weighted by Gasteiger charge is -2.07. The van der Waals surface area contributed by atoms with Crippen LogP contribution >= 0.6 is 0 Å². The maximum absolute atomic E-state index is 13.8. The molecular weight excluding hydrogens is 211 g/mol. The molecule has 0 heterocycles. The van der Waals surface area contributed by atoms with Gasteiger partial charge in [-0.15, -0.1) is 0 Å². The van der Waals surface area contributed by atoms with Crippen LogP contribution in [0.15, 0.2) is 66.7 Å². The molecule has 0 saturated heterocycles. The molecule has 0 fully saturated rings. The fourth-order valence-corrected chi connectivity index (χ4v) is 2.14. The first-order chi connectivity index (χ1) is 8.36. The molecule has 1 heteroatoms. The highest BCUT2D eigenvalue weighted by atomic mass is 19.1. The van der Waals surface area contributed by atoms with Gasteiger partial charge in [0.05, 0.1) is 0 Å². The molecule has 0 aromatic heterocycles. The predicted molar refractivity (Wildman–Crippen MR) is 69.3 cm³/mol. The molecule has 0 spiro atoms. The average Bonchev–Trinajstić information content (AvgIpc) is 2.39. The van der Waals surface area contributed by atoms with Crippen molar-refractivity contribution in [2.45, 2.75) is 0 Å². The third-order valence-corrected chi connectivity index (χ3v) is 2.95. The number of benzene rings is 3. The van der Waals surface area contributed by atoms with Crippen molar-refractivity contribution in [1.29, 1.82) is 0 Å². The topological polar surface area (TPSA) is 0 Å². The summed E-state index contributed by atoms with van der Waals surface area (Å²) in [6.07, 6.45) is 0. The Balaban J connectivity index is 2.35. The number of rotatable bonds is 1. The van der Waals surface area contributed by atoms with E-state index in [0.717, 1.165) is 16.3 Å². The van der Waals surface area contributed by atoms with Crippen molar-refractivity contribution in [2.24, 2.45) is 0 Å². The lowest BCUT2D eigenvalue weighted by Crippen LogP contribution is -1.85. The van der Waals surface area contributed by atoms with E-state index >= 15 is 0 Å². The smallest absolute Gasteiger partial charge is 0.131 e. The summed E-state index contributed by atoms with van der Waals surface area (Å²) >= 11 is 0. The SMILES string of the molecule is Fc1ccccc1-c1cccc2ccccc12. The zero-order valence-electron chi connectivity index (χ0n) is 9.23. The highest BCUT2D eigenvalue weighted by Crippen LogP contribution is 2.29. The van der Waals surface area contributed by atoms with Crippen LogP contribution in [0.4, 0.5) is 4.39 Å². The zero-order valence-corrected chi connectivity index (χ0v) is 9.23. The molecule has 0 aliphatic heterocycles. The van der Waals surface area contributed by atoms with E-state index in [9.17, 15) is 4.39 Å². The second kappa shape index (κ2) is 4.02. The van der Waals surface area contributed by atoms with Gasteiger partial charge in [0, 0.05) is 5.56 Å². The molecular formula is C16H11F. The van der Waals surface area contributed by atoms with E-state index in [1.54, 1.807) is 6.07 Å².